The van der Waals surface area contributed by atoms with E-state index in [9.17, 15) is 15.2 Å². The molecule has 0 spiro atoms. The number of nitro benzene ring substituents is 1. The average molecular weight is 246 g/mol. The molecule has 0 aliphatic rings. The number of anilines is 1. The second-order valence-electron chi connectivity index (χ2n) is 3.58. The van der Waals surface area contributed by atoms with Crippen LogP contribution in [0.1, 0.15) is 0 Å². The van der Waals surface area contributed by atoms with Crippen molar-refractivity contribution in [1.29, 1.82) is 0 Å². The third-order valence-corrected chi connectivity index (χ3v) is 2.24. The maximum Gasteiger partial charge on any atom is 0.314 e. The SMILES string of the molecule is Nc1cccc(Oc2ccc(O)c([N+](=O)[O-])c2)c1. The van der Waals surface area contributed by atoms with E-state index in [2.05, 4.69) is 0 Å². The summed E-state index contributed by atoms with van der Waals surface area (Å²) in [5.41, 5.74) is 5.71. The van der Waals surface area contributed by atoms with Crippen LogP contribution in [0.2, 0.25) is 0 Å². The molecule has 0 unspecified atom stereocenters. The number of nitrogens with two attached hydrogens (primary N) is 1. The number of hydrogen-bond donors (Lipinski definition) is 2. The van der Waals surface area contributed by atoms with Crippen LogP contribution in [0, 0.1) is 10.1 Å². The molecule has 6 heteroatoms. The van der Waals surface area contributed by atoms with Crippen LogP contribution in [-0.2, 0) is 0 Å². The van der Waals surface area contributed by atoms with E-state index in [1.807, 2.05) is 0 Å². The number of nitrogens with zero attached hydrogens (tertiary/aromatic N) is 1. The van der Waals surface area contributed by atoms with Crippen LogP contribution in [0.3, 0.4) is 0 Å². The second-order valence-corrected chi connectivity index (χ2v) is 3.58. The van der Waals surface area contributed by atoms with Crippen molar-refractivity contribution in [1.82, 2.24) is 0 Å². The lowest BCUT2D eigenvalue weighted by molar-refractivity contribution is -0.385. The molecule has 0 saturated heterocycles. The summed E-state index contributed by atoms with van der Waals surface area (Å²) in [7, 11) is 0. The van der Waals surface area contributed by atoms with Crippen molar-refractivity contribution in [3.05, 3.63) is 52.6 Å². The Hall–Kier alpha value is -2.76. The zero-order chi connectivity index (χ0) is 13.1. The van der Waals surface area contributed by atoms with Gasteiger partial charge in [0.1, 0.15) is 11.5 Å². The Bertz CT molecular complexity index is 598. The highest BCUT2D eigenvalue weighted by molar-refractivity contribution is 5.51. The van der Waals surface area contributed by atoms with E-state index < -0.39 is 16.4 Å². The minimum Gasteiger partial charge on any atom is -0.502 e. The van der Waals surface area contributed by atoms with Gasteiger partial charge in [-0.3, -0.25) is 10.1 Å². The van der Waals surface area contributed by atoms with Crippen LogP contribution < -0.4 is 10.5 Å². The van der Waals surface area contributed by atoms with Gasteiger partial charge in [-0.1, -0.05) is 6.07 Å². The summed E-state index contributed by atoms with van der Waals surface area (Å²) in [6.45, 7) is 0. The van der Waals surface area contributed by atoms with E-state index in [-0.39, 0.29) is 5.75 Å². The molecular formula is C12H10N2O4. The molecule has 0 amide bonds. The lowest BCUT2D eigenvalue weighted by Gasteiger charge is -2.06. The molecular weight excluding hydrogens is 236 g/mol. The summed E-state index contributed by atoms with van der Waals surface area (Å²) in [5.74, 6) is 0.319. The van der Waals surface area contributed by atoms with Crippen molar-refractivity contribution < 1.29 is 14.8 Å². The van der Waals surface area contributed by atoms with Crippen LogP contribution in [-0.4, -0.2) is 10.0 Å². The highest BCUT2D eigenvalue weighted by Gasteiger charge is 2.14. The van der Waals surface area contributed by atoms with Gasteiger partial charge in [0, 0.05) is 11.8 Å². The Morgan fingerprint density at radius 1 is 1.17 bits per heavy atom. The lowest BCUT2D eigenvalue weighted by atomic mass is 10.2. The van der Waals surface area contributed by atoms with Crippen LogP contribution >= 0.6 is 0 Å². The lowest BCUT2D eigenvalue weighted by Crippen LogP contribution is -1.91. The number of ether oxygens (including phenoxy) is 1. The Morgan fingerprint density at radius 2 is 1.89 bits per heavy atom. The number of phenolic OH excluding ortho intramolecular Hbond substituents is 1. The van der Waals surface area contributed by atoms with E-state index in [1.54, 1.807) is 24.3 Å². The van der Waals surface area contributed by atoms with E-state index in [0.29, 0.717) is 11.4 Å². The average Bonchev–Trinajstić information content (AvgIpc) is 2.31. The fourth-order valence-electron chi connectivity index (χ4n) is 1.43. The van der Waals surface area contributed by atoms with E-state index >= 15 is 0 Å². The van der Waals surface area contributed by atoms with Gasteiger partial charge in [-0.2, -0.15) is 0 Å². The molecule has 3 N–H and O–H groups in total. The third kappa shape index (κ3) is 2.49. The van der Waals surface area contributed by atoms with Gasteiger partial charge in [0.05, 0.1) is 11.0 Å². The molecule has 0 aliphatic heterocycles. The van der Waals surface area contributed by atoms with Crippen molar-refractivity contribution in [3.8, 4) is 17.2 Å². The van der Waals surface area contributed by atoms with E-state index in [0.717, 1.165) is 6.07 Å². The highest BCUT2D eigenvalue weighted by Crippen LogP contribution is 2.32. The monoisotopic (exact) mass is 246 g/mol. The molecule has 18 heavy (non-hydrogen) atoms. The molecule has 0 fully saturated rings. The van der Waals surface area contributed by atoms with Gasteiger partial charge in [-0.05, 0) is 24.3 Å². The molecule has 0 heterocycles. The predicted molar refractivity (Wildman–Crippen MR) is 65.7 cm³/mol. The van der Waals surface area contributed by atoms with Crippen molar-refractivity contribution >= 4 is 11.4 Å². The minimum absolute atomic E-state index is 0.255. The molecule has 0 atom stereocenters. The van der Waals surface area contributed by atoms with Crippen molar-refractivity contribution in [2.75, 3.05) is 5.73 Å². The van der Waals surface area contributed by atoms with Gasteiger partial charge < -0.3 is 15.6 Å². The molecule has 0 aliphatic carbocycles. The number of nitrogen functional groups attached to an aromatic ring is 1. The number of benzene rings is 2. The molecule has 0 radical (unpaired) electrons. The number of aromatic hydroxyl groups is 1. The first kappa shape index (κ1) is 11.7. The minimum atomic E-state index is -0.679. The van der Waals surface area contributed by atoms with Gasteiger partial charge in [0.2, 0.25) is 0 Å². The summed E-state index contributed by atoms with van der Waals surface area (Å²) in [4.78, 5) is 9.97. The standard InChI is InChI=1S/C12H10N2O4/c13-8-2-1-3-9(6-8)18-10-4-5-12(15)11(7-10)14(16)17/h1-7,15H,13H2. The number of phenols is 1. The zero-order valence-electron chi connectivity index (χ0n) is 9.24. The largest absolute Gasteiger partial charge is 0.502 e. The van der Waals surface area contributed by atoms with E-state index in [1.165, 1.54) is 12.1 Å². The molecule has 6 nitrogen and oxygen atoms in total. The van der Waals surface area contributed by atoms with Gasteiger partial charge in [-0.15, -0.1) is 0 Å². The first-order valence-corrected chi connectivity index (χ1v) is 5.07. The molecule has 2 aromatic carbocycles. The molecule has 2 aromatic rings. The number of rotatable bonds is 3. The van der Waals surface area contributed by atoms with E-state index in [4.69, 9.17) is 10.5 Å². The Balaban J connectivity index is 2.30. The quantitative estimate of drug-likeness (QED) is 0.492. The Morgan fingerprint density at radius 3 is 2.56 bits per heavy atom. The molecule has 0 bridgehead atoms. The normalized spacial score (nSPS) is 10.0. The van der Waals surface area contributed by atoms with Gasteiger partial charge >= 0.3 is 5.69 Å². The summed E-state index contributed by atoms with van der Waals surface area (Å²) < 4.78 is 5.41. The Labute approximate surface area is 102 Å². The van der Waals surface area contributed by atoms with Crippen LogP contribution in [0.15, 0.2) is 42.5 Å². The summed E-state index contributed by atoms with van der Waals surface area (Å²) in [6, 6.07) is 10.5. The number of hydrogen-bond acceptors (Lipinski definition) is 5. The van der Waals surface area contributed by atoms with Gasteiger partial charge in [0.15, 0.2) is 5.75 Å². The van der Waals surface area contributed by atoms with Gasteiger partial charge in [-0.25, -0.2) is 0 Å². The number of nitro groups is 1. The first-order chi connectivity index (χ1) is 8.56. The van der Waals surface area contributed by atoms with Crippen molar-refractivity contribution in [3.63, 3.8) is 0 Å². The molecule has 92 valence electrons. The van der Waals surface area contributed by atoms with Crippen molar-refractivity contribution in [2.24, 2.45) is 0 Å². The maximum absolute atomic E-state index is 10.7. The highest BCUT2D eigenvalue weighted by atomic mass is 16.6. The third-order valence-electron chi connectivity index (χ3n) is 2.24. The maximum atomic E-state index is 10.7. The predicted octanol–water partition coefficient (Wildman–Crippen LogP) is 2.67. The fourth-order valence-corrected chi connectivity index (χ4v) is 1.43. The molecule has 0 saturated carbocycles. The zero-order valence-corrected chi connectivity index (χ0v) is 9.24. The summed E-state index contributed by atoms with van der Waals surface area (Å²) in [6.07, 6.45) is 0. The molecule has 0 aromatic heterocycles. The fraction of sp³-hybridized carbons (Fsp3) is 0. The summed E-state index contributed by atoms with van der Waals surface area (Å²) in [5, 5.41) is 19.9. The van der Waals surface area contributed by atoms with Crippen LogP contribution in [0.4, 0.5) is 11.4 Å². The summed E-state index contributed by atoms with van der Waals surface area (Å²) >= 11 is 0. The van der Waals surface area contributed by atoms with Crippen LogP contribution in [0.5, 0.6) is 17.2 Å². The first-order valence-electron chi connectivity index (χ1n) is 5.07. The Kier molecular flexibility index (Phi) is 3.01. The topological polar surface area (TPSA) is 98.6 Å². The van der Waals surface area contributed by atoms with Gasteiger partial charge in [0.25, 0.3) is 0 Å². The van der Waals surface area contributed by atoms with Crippen molar-refractivity contribution in [2.45, 2.75) is 0 Å². The van der Waals surface area contributed by atoms with Crippen LogP contribution in [0.25, 0.3) is 0 Å². The smallest absolute Gasteiger partial charge is 0.314 e. The second kappa shape index (κ2) is 4.62. The molecule has 2 rings (SSSR count).